The van der Waals surface area contributed by atoms with Crippen LogP contribution in [0.2, 0.25) is 0 Å². The van der Waals surface area contributed by atoms with Gasteiger partial charge in [-0.05, 0) is 31.2 Å². The quantitative estimate of drug-likeness (QED) is 0.557. The lowest BCUT2D eigenvalue weighted by Gasteiger charge is -2.18. The first-order valence-corrected chi connectivity index (χ1v) is 9.74. The Kier molecular flexibility index (Phi) is 6.59. The Bertz CT molecular complexity index is 1040. The van der Waals surface area contributed by atoms with Gasteiger partial charge in [-0.15, -0.1) is 0 Å². The molecule has 0 fully saturated rings. The molecule has 0 spiro atoms. The van der Waals surface area contributed by atoms with Crippen molar-refractivity contribution in [3.05, 3.63) is 59.0 Å². The van der Waals surface area contributed by atoms with Crippen LogP contribution in [0.4, 0.5) is 0 Å². The molecule has 0 aliphatic carbocycles. The molecule has 0 aliphatic heterocycles. The third-order valence-corrected chi connectivity index (χ3v) is 4.97. The average molecular weight is 397 g/mol. The lowest BCUT2D eigenvalue weighted by Crippen LogP contribution is -2.32. The molecule has 0 unspecified atom stereocenters. The van der Waals surface area contributed by atoms with E-state index in [9.17, 15) is 9.59 Å². The number of carbonyl (C=O) groups is 1. The second-order valence-corrected chi connectivity index (χ2v) is 6.73. The molecule has 0 radical (unpaired) electrons. The number of para-hydroxylation sites is 4. The van der Waals surface area contributed by atoms with Crippen molar-refractivity contribution in [3.8, 4) is 11.5 Å². The summed E-state index contributed by atoms with van der Waals surface area (Å²) in [5, 5.41) is 0. The fourth-order valence-corrected chi connectivity index (χ4v) is 3.35. The first kappa shape index (κ1) is 20.5. The monoisotopic (exact) mass is 397 g/mol. The van der Waals surface area contributed by atoms with E-state index in [4.69, 9.17) is 9.47 Å². The fraction of sp³-hybridized carbons (Fsp3) is 0.364. The van der Waals surface area contributed by atoms with Gasteiger partial charge in [0.1, 0.15) is 6.61 Å². The molecule has 1 aromatic heterocycles. The van der Waals surface area contributed by atoms with Gasteiger partial charge in [0.25, 0.3) is 0 Å². The van der Waals surface area contributed by atoms with Crippen LogP contribution in [0.1, 0.15) is 13.3 Å². The summed E-state index contributed by atoms with van der Waals surface area (Å²) in [6, 6.07) is 15.1. The van der Waals surface area contributed by atoms with E-state index in [0.29, 0.717) is 37.7 Å². The van der Waals surface area contributed by atoms with Crippen molar-refractivity contribution in [3.63, 3.8) is 0 Å². The second-order valence-electron chi connectivity index (χ2n) is 6.73. The van der Waals surface area contributed by atoms with Crippen LogP contribution < -0.4 is 15.2 Å². The largest absolute Gasteiger partial charge is 0.493 e. The zero-order chi connectivity index (χ0) is 20.8. The first-order valence-electron chi connectivity index (χ1n) is 9.74. The normalized spacial score (nSPS) is 10.9. The van der Waals surface area contributed by atoms with Crippen LogP contribution >= 0.6 is 0 Å². The van der Waals surface area contributed by atoms with E-state index < -0.39 is 0 Å². The van der Waals surface area contributed by atoms with Crippen molar-refractivity contribution in [2.45, 2.75) is 26.4 Å². The van der Waals surface area contributed by atoms with E-state index in [-0.39, 0.29) is 18.0 Å². The minimum absolute atomic E-state index is 0.0335. The summed E-state index contributed by atoms with van der Waals surface area (Å²) in [5.41, 5.74) is 1.67. The van der Waals surface area contributed by atoms with Gasteiger partial charge in [0.2, 0.25) is 5.91 Å². The standard InChI is InChI=1S/C22H27N3O4/c1-4-24-17-9-5-6-10-18(17)25(22(24)27)14-13-21(26)23(2)15-16-29-20-12-8-7-11-19(20)28-3/h5-12H,4,13-16H2,1-3H3. The van der Waals surface area contributed by atoms with E-state index in [1.54, 1.807) is 28.2 Å². The van der Waals surface area contributed by atoms with Gasteiger partial charge in [-0.2, -0.15) is 0 Å². The van der Waals surface area contributed by atoms with Gasteiger partial charge in [-0.1, -0.05) is 24.3 Å². The number of hydrogen-bond donors (Lipinski definition) is 0. The maximum absolute atomic E-state index is 12.7. The molecule has 0 saturated heterocycles. The average Bonchev–Trinajstić information content (AvgIpc) is 3.02. The second kappa shape index (κ2) is 9.32. The summed E-state index contributed by atoms with van der Waals surface area (Å²) in [7, 11) is 3.33. The molecule has 1 heterocycles. The summed E-state index contributed by atoms with van der Waals surface area (Å²) >= 11 is 0. The Morgan fingerprint density at radius 3 is 2.28 bits per heavy atom. The zero-order valence-corrected chi connectivity index (χ0v) is 17.1. The van der Waals surface area contributed by atoms with Gasteiger partial charge in [0, 0.05) is 26.6 Å². The van der Waals surface area contributed by atoms with Crippen LogP contribution in [0.15, 0.2) is 53.3 Å². The number of benzene rings is 2. The highest BCUT2D eigenvalue weighted by atomic mass is 16.5. The highest BCUT2D eigenvalue weighted by Crippen LogP contribution is 2.25. The summed E-state index contributed by atoms with van der Waals surface area (Å²) in [6.07, 6.45) is 0.253. The first-order chi connectivity index (χ1) is 14.1. The number of likely N-dealkylation sites (N-methyl/N-ethyl adjacent to an activating group) is 1. The van der Waals surface area contributed by atoms with Crippen LogP contribution in [0.5, 0.6) is 11.5 Å². The summed E-state index contributed by atoms with van der Waals surface area (Å²) in [4.78, 5) is 26.8. The molecule has 0 N–H and O–H groups in total. The molecular weight excluding hydrogens is 370 g/mol. The number of aromatic nitrogens is 2. The third kappa shape index (κ3) is 4.45. The highest BCUT2D eigenvalue weighted by Gasteiger charge is 2.15. The summed E-state index contributed by atoms with van der Waals surface area (Å²) < 4.78 is 14.4. The minimum atomic E-state index is -0.0799. The number of hydrogen-bond acceptors (Lipinski definition) is 4. The van der Waals surface area contributed by atoms with Crippen molar-refractivity contribution in [2.24, 2.45) is 0 Å². The highest BCUT2D eigenvalue weighted by molar-refractivity contribution is 5.78. The van der Waals surface area contributed by atoms with Gasteiger partial charge in [0.05, 0.1) is 24.7 Å². The molecule has 0 bridgehead atoms. The van der Waals surface area contributed by atoms with Crippen LogP contribution in [-0.2, 0) is 17.9 Å². The Labute approximate surface area is 170 Å². The molecule has 7 heteroatoms. The maximum atomic E-state index is 12.7. The van der Waals surface area contributed by atoms with Gasteiger partial charge >= 0.3 is 5.69 Å². The predicted octanol–water partition coefficient (Wildman–Crippen LogP) is 2.76. The van der Waals surface area contributed by atoms with Crippen LogP contribution in [0.25, 0.3) is 11.0 Å². The molecule has 3 aromatic rings. The predicted molar refractivity (Wildman–Crippen MR) is 113 cm³/mol. The number of aryl methyl sites for hydroxylation is 2. The number of methoxy groups -OCH3 is 1. The number of carbonyl (C=O) groups excluding carboxylic acids is 1. The van der Waals surface area contributed by atoms with E-state index in [1.807, 2.05) is 55.5 Å². The van der Waals surface area contributed by atoms with E-state index in [2.05, 4.69) is 0 Å². The lowest BCUT2D eigenvalue weighted by atomic mass is 10.3. The topological polar surface area (TPSA) is 65.7 Å². The van der Waals surface area contributed by atoms with Crippen molar-refractivity contribution in [1.82, 2.24) is 14.0 Å². The van der Waals surface area contributed by atoms with Crippen LogP contribution in [0.3, 0.4) is 0 Å². The molecular formula is C22H27N3O4. The van der Waals surface area contributed by atoms with Crippen molar-refractivity contribution < 1.29 is 14.3 Å². The maximum Gasteiger partial charge on any atom is 0.329 e. The number of fused-ring (bicyclic) bond motifs is 1. The fourth-order valence-electron chi connectivity index (χ4n) is 3.35. The lowest BCUT2D eigenvalue weighted by molar-refractivity contribution is -0.130. The number of nitrogens with zero attached hydrogens (tertiary/aromatic N) is 3. The van der Waals surface area contributed by atoms with Gasteiger partial charge in [-0.3, -0.25) is 13.9 Å². The number of ether oxygens (including phenoxy) is 2. The summed E-state index contributed by atoms with van der Waals surface area (Å²) in [5.74, 6) is 1.27. The molecule has 3 rings (SSSR count). The van der Waals surface area contributed by atoms with Gasteiger partial charge < -0.3 is 14.4 Å². The smallest absolute Gasteiger partial charge is 0.329 e. The van der Waals surface area contributed by atoms with Gasteiger partial charge in [-0.25, -0.2) is 4.79 Å². The van der Waals surface area contributed by atoms with Crippen molar-refractivity contribution in [1.29, 1.82) is 0 Å². The van der Waals surface area contributed by atoms with Crippen molar-refractivity contribution in [2.75, 3.05) is 27.3 Å². The molecule has 1 amide bonds. The van der Waals surface area contributed by atoms with Gasteiger partial charge in [0.15, 0.2) is 11.5 Å². The van der Waals surface area contributed by atoms with E-state index in [1.165, 1.54) is 0 Å². The Balaban J connectivity index is 1.58. The Morgan fingerprint density at radius 2 is 1.62 bits per heavy atom. The zero-order valence-electron chi connectivity index (χ0n) is 17.1. The van der Waals surface area contributed by atoms with Crippen LogP contribution in [0, 0.1) is 0 Å². The van der Waals surface area contributed by atoms with E-state index >= 15 is 0 Å². The third-order valence-electron chi connectivity index (χ3n) is 4.97. The molecule has 0 saturated carbocycles. The van der Waals surface area contributed by atoms with E-state index in [0.717, 1.165) is 11.0 Å². The van der Waals surface area contributed by atoms with Crippen LogP contribution in [-0.4, -0.2) is 47.3 Å². The number of rotatable bonds is 9. The Hall–Kier alpha value is -3.22. The SMILES string of the molecule is CCn1c(=O)n(CCC(=O)N(C)CCOc2ccccc2OC)c2ccccc21. The van der Waals surface area contributed by atoms with Crippen molar-refractivity contribution >= 4 is 16.9 Å². The minimum Gasteiger partial charge on any atom is -0.493 e. The summed E-state index contributed by atoms with van der Waals surface area (Å²) in [6.45, 7) is 3.70. The number of imidazole rings is 1. The Morgan fingerprint density at radius 1 is 1.00 bits per heavy atom. The molecule has 154 valence electrons. The molecule has 2 aromatic carbocycles. The molecule has 0 atom stereocenters. The number of amides is 1. The molecule has 7 nitrogen and oxygen atoms in total. The molecule has 0 aliphatic rings. The molecule has 29 heavy (non-hydrogen) atoms.